The van der Waals surface area contributed by atoms with Crippen molar-refractivity contribution in [2.45, 2.75) is 27.3 Å². The number of fused-ring (bicyclic) bond motifs is 1. The lowest BCUT2D eigenvalue weighted by atomic mass is 9.98. The summed E-state index contributed by atoms with van der Waals surface area (Å²) in [6.45, 7) is 9.74. The lowest BCUT2D eigenvalue weighted by Gasteiger charge is -2.27. The molecule has 1 aliphatic rings. The van der Waals surface area contributed by atoms with E-state index in [9.17, 15) is 19.2 Å². The zero-order chi connectivity index (χ0) is 27.4. The van der Waals surface area contributed by atoms with Gasteiger partial charge < -0.3 is 15.4 Å². The smallest absolute Gasteiger partial charge is 0.338 e. The number of hydrogen-bond donors (Lipinski definition) is 2. The molecule has 0 saturated carbocycles. The largest absolute Gasteiger partial charge is 0.462 e. The van der Waals surface area contributed by atoms with Crippen LogP contribution in [0.2, 0.25) is 5.02 Å². The van der Waals surface area contributed by atoms with E-state index in [0.29, 0.717) is 34.9 Å². The molecule has 1 fully saturated rings. The third-order valence-electron chi connectivity index (χ3n) is 6.71. The zero-order valence-corrected chi connectivity index (χ0v) is 22.6. The summed E-state index contributed by atoms with van der Waals surface area (Å²) in [6.07, 6.45) is 0. The van der Waals surface area contributed by atoms with Crippen LogP contribution in [-0.2, 0) is 16.1 Å². The minimum Gasteiger partial charge on any atom is -0.462 e. The van der Waals surface area contributed by atoms with Gasteiger partial charge in [0.15, 0.2) is 0 Å². The van der Waals surface area contributed by atoms with Crippen LogP contribution >= 0.6 is 11.6 Å². The fraction of sp³-hybridized carbons (Fsp3) is 0.407. The molecule has 3 aromatic rings. The van der Waals surface area contributed by atoms with Crippen molar-refractivity contribution in [3.8, 4) is 5.69 Å². The molecule has 1 amide bonds. The lowest BCUT2D eigenvalue weighted by molar-refractivity contribution is -0.121. The first kappa shape index (κ1) is 27.6. The number of carbonyl (C=O) groups is 2. The Kier molecular flexibility index (Phi) is 8.65. The van der Waals surface area contributed by atoms with Crippen LogP contribution in [0.4, 0.5) is 0 Å². The topological polar surface area (TPSA) is 115 Å². The fourth-order valence-electron chi connectivity index (χ4n) is 4.84. The molecule has 1 saturated heterocycles. The fourth-order valence-corrected chi connectivity index (χ4v) is 4.97. The minimum absolute atomic E-state index is 0.168. The summed E-state index contributed by atoms with van der Waals surface area (Å²) in [7, 11) is 0. The van der Waals surface area contributed by atoms with Gasteiger partial charge in [-0.3, -0.25) is 19.1 Å². The highest BCUT2D eigenvalue weighted by molar-refractivity contribution is 6.30. The maximum Gasteiger partial charge on any atom is 0.338 e. The molecule has 10 nitrogen and oxygen atoms in total. The van der Waals surface area contributed by atoms with Crippen molar-refractivity contribution in [1.29, 1.82) is 0 Å². The number of halogens is 1. The maximum absolute atomic E-state index is 13.7. The van der Waals surface area contributed by atoms with Crippen LogP contribution in [0, 0.1) is 13.8 Å². The van der Waals surface area contributed by atoms with Gasteiger partial charge in [0.1, 0.15) is 6.54 Å². The molecule has 202 valence electrons. The van der Waals surface area contributed by atoms with Gasteiger partial charge >= 0.3 is 11.7 Å². The summed E-state index contributed by atoms with van der Waals surface area (Å²) in [5, 5.41) is 6.80. The molecule has 0 bridgehead atoms. The molecular weight excluding hydrogens is 510 g/mol. The van der Waals surface area contributed by atoms with Crippen LogP contribution in [0.3, 0.4) is 0 Å². The van der Waals surface area contributed by atoms with Gasteiger partial charge in [0.25, 0.3) is 5.56 Å². The molecule has 1 aliphatic heterocycles. The number of aromatic nitrogens is 2. The number of benzene rings is 2. The van der Waals surface area contributed by atoms with Crippen LogP contribution < -0.4 is 21.9 Å². The highest BCUT2D eigenvalue weighted by Gasteiger charge is 2.23. The number of nitrogens with zero attached hydrogens (tertiary/aromatic N) is 3. The average molecular weight is 542 g/mol. The molecule has 2 aromatic carbocycles. The predicted octanol–water partition coefficient (Wildman–Crippen LogP) is 1.62. The normalized spacial score (nSPS) is 14.0. The van der Waals surface area contributed by atoms with Crippen molar-refractivity contribution in [2.24, 2.45) is 0 Å². The minimum atomic E-state index is -0.662. The van der Waals surface area contributed by atoms with Crippen molar-refractivity contribution in [3.63, 3.8) is 0 Å². The standard InChI is InChI=1S/C27H32ClN5O5/c1-4-38-26(36)23-17(2)15-21-24(18(23)3)25(35)33(20-7-5-19(28)6-8-20)27(37)32(21)16-22(34)30-11-14-31-12-9-29-10-13-31/h5-8,15,29H,4,9-14,16H2,1-3H3,(H,30,34). The molecule has 0 aliphatic carbocycles. The van der Waals surface area contributed by atoms with E-state index in [1.54, 1.807) is 51.1 Å². The Hall–Kier alpha value is -3.47. The number of piperazine rings is 1. The van der Waals surface area contributed by atoms with E-state index in [-0.39, 0.29) is 35.5 Å². The Bertz CT molecular complexity index is 1470. The summed E-state index contributed by atoms with van der Waals surface area (Å²) >= 11 is 6.02. The van der Waals surface area contributed by atoms with Gasteiger partial charge in [-0.25, -0.2) is 14.2 Å². The molecule has 2 N–H and O–H groups in total. The quantitative estimate of drug-likeness (QED) is 0.416. The summed E-state index contributed by atoms with van der Waals surface area (Å²) in [5.74, 6) is -0.903. The number of hydrogen-bond acceptors (Lipinski definition) is 7. The maximum atomic E-state index is 13.7. The number of ether oxygens (including phenoxy) is 1. The second kappa shape index (κ2) is 11.9. The van der Waals surface area contributed by atoms with Gasteiger partial charge in [-0.1, -0.05) is 11.6 Å². The number of rotatable bonds is 8. The summed E-state index contributed by atoms with van der Waals surface area (Å²) in [4.78, 5) is 55.4. The van der Waals surface area contributed by atoms with Gasteiger partial charge in [0.2, 0.25) is 5.91 Å². The Morgan fingerprint density at radius 1 is 1.11 bits per heavy atom. The SMILES string of the molecule is CCOC(=O)c1c(C)cc2c(c1C)c(=O)n(-c1ccc(Cl)cc1)c(=O)n2CC(=O)NCCN1CCNCC1. The first-order chi connectivity index (χ1) is 18.2. The summed E-state index contributed by atoms with van der Waals surface area (Å²) < 4.78 is 7.50. The third-order valence-corrected chi connectivity index (χ3v) is 6.96. The Morgan fingerprint density at radius 3 is 2.45 bits per heavy atom. The van der Waals surface area contributed by atoms with Crippen LogP contribution in [0.25, 0.3) is 16.6 Å². The third kappa shape index (κ3) is 5.67. The van der Waals surface area contributed by atoms with Crippen molar-refractivity contribution in [1.82, 2.24) is 24.7 Å². The predicted molar refractivity (Wildman–Crippen MR) is 147 cm³/mol. The zero-order valence-electron chi connectivity index (χ0n) is 21.8. The van der Waals surface area contributed by atoms with Crippen LogP contribution in [0.5, 0.6) is 0 Å². The van der Waals surface area contributed by atoms with Gasteiger partial charge in [-0.05, 0) is 62.2 Å². The second-order valence-electron chi connectivity index (χ2n) is 9.24. The highest BCUT2D eigenvalue weighted by Crippen LogP contribution is 2.24. The molecule has 0 spiro atoms. The molecule has 4 rings (SSSR count). The molecule has 0 unspecified atom stereocenters. The Balaban J connectivity index is 1.80. The van der Waals surface area contributed by atoms with E-state index in [2.05, 4.69) is 15.5 Å². The number of aryl methyl sites for hydroxylation is 2. The Labute approximate surface area is 225 Å². The average Bonchev–Trinajstić information content (AvgIpc) is 2.88. The molecule has 11 heteroatoms. The molecule has 0 radical (unpaired) electrons. The van der Waals surface area contributed by atoms with E-state index in [0.717, 1.165) is 30.7 Å². The number of esters is 1. The summed E-state index contributed by atoms with van der Waals surface area (Å²) in [5.41, 5.74) is 0.533. The molecule has 2 heterocycles. The van der Waals surface area contributed by atoms with Gasteiger partial charge in [-0.15, -0.1) is 0 Å². The van der Waals surface area contributed by atoms with E-state index in [1.165, 1.54) is 4.57 Å². The van der Waals surface area contributed by atoms with Crippen LogP contribution in [0.1, 0.15) is 28.4 Å². The van der Waals surface area contributed by atoms with E-state index in [4.69, 9.17) is 16.3 Å². The highest BCUT2D eigenvalue weighted by atomic mass is 35.5. The monoisotopic (exact) mass is 541 g/mol. The van der Waals surface area contributed by atoms with Crippen LogP contribution in [0.15, 0.2) is 39.9 Å². The molecule has 38 heavy (non-hydrogen) atoms. The Morgan fingerprint density at radius 2 is 1.79 bits per heavy atom. The molecule has 0 atom stereocenters. The van der Waals surface area contributed by atoms with Crippen molar-refractivity contribution in [3.05, 3.63) is 72.9 Å². The second-order valence-corrected chi connectivity index (χ2v) is 9.67. The van der Waals surface area contributed by atoms with E-state index < -0.39 is 17.2 Å². The summed E-state index contributed by atoms with van der Waals surface area (Å²) in [6, 6.07) is 7.87. The first-order valence-corrected chi connectivity index (χ1v) is 13.0. The van der Waals surface area contributed by atoms with E-state index >= 15 is 0 Å². The number of carbonyl (C=O) groups excluding carboxylic acids is 2. The van der Waals surface area contributed by atoms with Gasteiger partial charge in [0, 0.05) is 44.3 Å². The van der Waals surface area contributed by atoms with Crippen LogP contribution in [-0.4, -0.2) is 71.8 Å². The first-order valence-electron chi connectivity index (χ1n) is 12.7. The van der Waals surface area contributed by atoms with Crippen molar-refractivity contribution < 1.29 is 14.3 Å². The van der Waals surface area contributed by atoms with E-state index in [1.807, 2.05) is 0 Å². The molecular formula is C27H32ClN5O5. The van der Waals surface area contributed by atoms with Crippen molar-refractivity contribution in [2.75, 3.05) is 45.9 Å². The number of amides is 1. The van der Waals surface area contributed by atoms with Gasteiger partial charge in [-0.2, -0.15) is 0 Å². The number of nitrogens with one attached hydrogen (secondary N) is 2. The van der Waals surface area contributed by atoms with Gasteiger partial charge in [0.05, 0.1) is 28.8 Å². The lowest BCUT2D eigenvalue weighted by Crippen LogP contribution is -2.47. The van der Waals surface area contributed by atoms with Crippen molar-refractivity contribution >= 4 is 34.4 Å². The molecule has 1 aromatic heterocycles.